The Hall–Kier alpha value is -1.34. The number of hydrogen-bond acceptors (Lipinski definition) is 2. The third kappa shape index (κ3) is 3.36. The summed E-state index contributed by atoms with van der Waals surface area (Å²) in [7, 11) is 0. The largest absolute Gasteiger partial charge is 0.399 e. The Morgan fingerprint density at radius 2 is 2.00 bits per heavy atom. The van der Waals surface area contributed by atoms with E-state index in [1.807, 2.05) is 22.6 Å². The highest BCUT2D eigenvalue weighted by Gasteiger charge is 2.13. The molecule has 0 radical (unpaired) electrons. The summed E-state index contributed by atoms with van der Waals surface area (Å²) in [5.74, 6) is -1.18. The first kappa shape index (κ1) is 14.1. The van der Waals surface area contributed by atoms with Gasteiger partial charge in [-0.3, -0.25) is 4.79 Å². The van der Waals surface area contributed by atoms with Crippen molar-refractivity contribution in [3.8, 4) is 0 Å². The molecule has 0 aliphatic rings. The van der Waals surface area contributed by atoms with Gasteiger partial charge >= 0.3 is 0 Å². The number of rotatable bonds is 2. The van der Waals surface area contributed by atoms with E-state index >= 15 is 0 Å². The molecule has 0 fully saturated rings. The minimum absolute atomic E-state index is 0.0556. The van der Waals surface area contributed by atoms with Crippen molar-refractivity contribution < 1.29 is 9.18 Å². The Morgan fingerprint density at radius 1 is 1.26 bits per heavy atom. The summed E-state index contributed by atoms with van der Waals surface area (Å²) < 4.78 is 14.4. The van der Waals surface area contributed by atoms with Gasteiger partial charge in [0.25, 0.3) is 5.91 Å². The summed E-state index contributed by atoms with van der Waals surface area (Å²) in [4.78, 5) is 12.0. The number of amides is 1. The second kappa shape index (κ2) is 5.75. The van der Waals surface area contributed by atoms with Gasteiger partial charge in [-0.25, -0.2) is 4.39 Å². The average molecular weight is 391 g/mol. The van der Waals surface area contributed by atoms with E-state index in [4.69, 9.17) is 17.3 Å². The molecule has 2 aromatic rings. The number of nitrogens with one attached hydrogen (secondary N) is 1. The Balaban J connectivity index is 2.25. The molecule has 98 valence electrons. The minimum Gasteiger partial charge on any atom is -0.399 e. The number of nitrogen functional groups attached to an aromatic ring is 1. The number of anilines is 2. The highest BCUT2D eigenvalue weighted by molar-refractivity contribution is 14.1. The van der Waals surface area contributed by atoms with Gasteiger partial charge in [-0.1, -0.05) is 11.6 Å². The molecule has 2 aromatic carbocycles. The first-order valence-corrected chi connectivity index (χ1v) is 6.74. The molecular formula is C13H9ClFIN2O. The van der Waals surface area contributed by atoms with Crippen molar-refractivity contribution in [1.82, 2.24) is 0 Å². The third-order valence-corrected chi connectivity index (χ3v) is 3.54. The molecule has 3 N–H and O–H groups in total. The SMILES string of the molecule is Nc1ccc(C(=O)Nc2ccc(Cl)cc2I)c(F)c1. The van der Waals surface area contributed by atoms with Crippen molar-refractivity contribution in [2.45, 2.75) is 0 Å². The molecule has 6 heteroatoms. The molecule has 3 nitrogen and oxygen atoms in total. The van der Waals surface area contributed by atoms with Crippen LogP contribution in [0.1, 0.15) is 10.4 Å². The van der Waals surface area contributed by atoms with Crippen molar-refractivity contribution in [3.05, 3.63) is 56.4 Å². The number of halogens is 3. The predicted octanol–water partition coefficient (Wildman–Crippen LogP) is 3.92. The average Bonchev–Trinajstić information content (AvgIpc) is 2.32. The summed E-state index contributed by atoms with van der Waals surface area (Å²) in [6.45, 7) is 0. The van der Waals surface area contributed by atoms with Crippen LogP contribution in [0.3, 0.4) is 0 Å². The van der Waals surface area contributed by atoms with Gasteiger partial charge in [0, 0.05) is 14.3 Å². The van der Waals surface area contributed by atoms with Crippen LogP contribution in [0.4, 0.5) is 15.8 Å². The van der Waals surface area contributed by atoms with E-state index in [1.165, 1.54) is 12.1 Å². The summed E-state index contributed by atoms with van der Waals surface area (Å²) in [6, 6.07) is 8.96. The lowest BCUT2D eigenvalue weighted by Gasteiger charge is -2.08. The van der Waals surface area contributed by atoms with Crippen LogP contribution >= 0.6 is 34.2 Å². The molecular weight excluding hydrogens is 382 g/mol. The van der Waals surface area contributed by atoms with Gasteiger partial charge in [0.05, 0.1) is 11.3 Å². The van der Waals surface area contributed by atoms with Crippen molar-refractivity contribution in [1.29, 1.82) is 0 Å². The smallest absolute Gasteiger partial charge is 0.258 e. The van der Waals surface area contributed by atoms with Crippen molar-refractivity contribution >= 4 is 51.5 Å². The molecule has 0 aliphatic carbocycles. The monoisotopic (exact) mass is 390 g/mol. The molecule has 0 aliphatic heterocycles. The van der Waals surface area contributed by atoms with Crippen LogP contribution in [0.5, 0.6) is 0 Å². The molecule has 0 saturated carbocycles. The zero-order chi connectivity index (χ0) is 14.0. The molecule has 0 bridgehead atoms. The Bertz CT molecular complexity index is 649. The minimum atomic E-state index is -0.651. The van der Waals surface area contributed by atoms with E-state index in [0.29, 0.717) is 10.7 Å². The number of benzene rings is 2. The van der Waals surface area contributed by atoms with Gasteiger partial charge in [-0.2, -0.15) is 0 Å². The van der Waals surface area contributed by atoms with Crippen LogP contribution in [0.15, 0.2) is 36.4 Å². The second-order valence-corrected chi connectivity index (χ2v) is 5.42. The van der Waals surface area contributed by atoms with Gasteiger partial charge < -0.3 is 11.1 Å². The Morgan fingerprint density at radius 3 is 2.63 bits per heavy atom. The topological polar surface area (TPSA) is 55.1 Å². The van der Waals surface area contributed by atoms with Crippen LogP contribution in [-0.4, -0.2) is 5.91 Å². The lowest BCUT2D eigenvalue weighted by molar-refractivity contribution is 0.102. The standard InChI is InChI=1S/C13H9ClFIN2O/c14-7-1-4-12(11(16)5-7)18-13(19)9-3-2-8(17)6-10(9)15/h1-6H,17H2,(H,18,19). The van der Waals surface area contributed by atoms with E-state index in [0.717, 1.165) is 9.64 Å². The molecule has 0 heterocycles. The van der Waals surface area contributed by atoms with Crippen molar-refractivity contribution in [2.24, 2.45) is 0 Å². The number of carbonyl (C=O) groups excluding carboxylic acids is 1. The van der Waals surface area contributed by atoms with E-state index < -0.39 is 11.7 Å². The zero-order valence-electron chi connectivity index (χ0n) is 9.58. The maximum absolute atomic E-state index is 13.6. The normalized spacial score (nSPS) is 10.3. The van der Waals surface area contributed by atoms with Gasteiger partial charge in [0.1, 0.15) is 5.82 Å². The van der Waals surface area contributed by atoms with E-state index in [1.54, 1.807) is 18.2 Å². The van der Waals surface area contributed by atoms with Crippen LogP contribution in [0.2, 0.25) is 5.02 Å². The zero-order valence-corrected chi connectivity index (χ0v) is 12.5. The summed E-state index contributed by atoms with van der Waals surface area (Å²) in [6.07, 6.45) is 0. The number of carbonyl (C=O) groups is 1. The van der Waals surface area contributed by atoms with Crippen molar-refractivity contribution in [3.63, 3.8) is 0 Å². The second-order valence-electron chi connectivity index (χ2n) is 3.82. The fourth-order valence-electron chi connectivity index (χ4n) is 1.50. The fourth-order valence-corrected chi connectivity index (χ4v) is 2.50. The summed E-state index contributed by atoms with van der Waals surface area (Å²) >= 11 is 7.86. The van der Waals surface area contributed by atoms with Gasteiger partial charge in [-0.05, 0) is 59.0 Å². The van der Waals surface area contributed by atoms with Crippen LogP contribution in [-0.2, 0) is 0 Å². The quantitative estimate of drug-likeness (QED) is 0.603. The van der Waals surface area contributed by atoms with E-state index in [2.05, 4.69) is 5.32 Å². The molecule has 0 unspecified atom stereocenters. The first-order valence-electron chi connectivity index (χ1n) is 5.29. The maximum atomic E-state index is 13.6. The van der Waals surface area contributed by atoms with Gasteiger partial charge in [0.15, 0.2) is 0 Å². The lowest BCUT2D eigenvalue weighted by Crippen LogP contribution is -2.14. The molecule has 1 amide bonds. The van der Waals surface area contributed by atoms with Crippen molar-refractivity contribution in [2.75, 3.05) is 11.1 Å². The highest BCUT2D eigenvalue weighted by atomic mass is 127. The maximum Gasteiger partial charge on any atom is 0.258 e. The molecule has 19 heavy (non-hydrogen) atoms. The van der Waals surface area contributed by atoms with Gasteiger partial charge in [0.2, 0.25) is 0 Å². The lowest BCUT2D eigenvalue weighted by atomic mass is 10.1. The summed E-state index contributed by atoms with van der Waals surface area (Å²) in [5, 5.41) is 3.20. The van der Waals surface area contributed by atoms with E-state index in [9.17, 15) is 9.18 Å². The highest BCUT2D eigenvalue weighted by Crippen LogP contribution is 2.23. The molecule has 0 saturated heterocycles. The molecule has 2 rings (SSSR count). The van der Waals surface area contributed by atoms with E-state index in [-0.39, 0.29) is 11.3 Å². The fraction of sp³-hybridized carbons (Fsp3) is 0. The first-order chi connectivity index (χ1) is 8.97. The van der Waals surface area contributed by atoms with Gasteiger partial charge in [-0.15, -0.1) is 0 Å². The van der Waals surface area contributed by atoms with Crippen LogP contribution in [0.25, 0.3) is 0 Å². The Labute approximate surface area is 128 Å². The number of hydrogen-bond donors (Lipinski definition) is 2. The molecule has 0 aromatic heterocycles. The molecule has 0 spiro atoms. The third-order valence-electron chi connectivity index (χ3n) is 2.42. The molecule has 0 atom stereocenters. The van der Waals surface area contributed by atoms with Crippen LogP contribution in [0, 0.1) is 9.39 Å². The Kier molecular flexibility index (Phi) is 4.26. The number of nitrogens with two attached hydrogens (primary N) is 1. The van der Waals surface area contributed by atoms with Crippen LogP contribution < -0.4 is 11.1 Å². The predicted molar refractivity (Wildman–Crippen MR) is 82.9 cm³/mol. The summed E-state index contributed by atoms with van der Waals surface area (Å²) in [5.41, 5.74) is 6.23.